The number of anilines is 3. The van der Waals surface area contributed by atoms with E-state index in [0.717, 1.165) is 30.0 Å². The standard InChI is InChI=1S/C22H21N5O2/c1-29-22(28)15-6-8-17(9-7-15)27-21-12-20(25-14-26-21)23-11-10-16-13-24-19-5-3-2-4-18(16)19/h2-9,12-14,24H,10-11H2,1H3,(H2,23,25,26,27). The van der Waals surface area contributed by atoms with Crippen LogP contribution in [0, 0.1) is 0 Å². The molecule has 4 rings (SSSR count). The van der Waals surface area contributed by atoms with Crippen molar-refractivity contribution in [2.75, 3.05) is 24.3 Å². The van der Waals surface area contributed by atoms with Crippen molar-refractivity contribution < 1.29 is 9.53 Å². The molecule has 2 aromatic carbocycles. The van der Waals surface area contributed by atoms with Gasteiger partial charge in [-0.2, -0.15) is 0 Å². The molecule has 0 radical (unpaired) electrons. The van der Waals surface area contributed by atoms with Crippen molar-refractivity contribution in [3.05, 3.63) is 78.2 Å². The molecule has 4 aromatic rings. The first-order valence-corrected chi connectivity index (χ1v) is 9.29. The average Bonchev–Trinajstić information content (AvgIpc) is 3.17. The number of methoxy groups -OCH3 is 1. The van der Waals surface area contributed by atoms with Crippen molar-refractivity contribution in [1.82, 2.24) is 15.0 Å². The number of carbonyl (C=O) groups excluding carboxylic acids is 1. The van der Waals surface area contributed by atoms with Crippen LogP contribution in [0.15, 0.2) is 67.1 Å². The molecule has 0 bridgehead atoms. The second kappa shape index (κ2) is 8.43. The second-order valence-electron chi connectivity index (χ2n) is 6.52. The Morgan fingerprint density at radius 2 is 1.86 bits per heavy atom. The predicted octanol–water partition coefficient (Wildman–Crippen LogP) is 4.14. The number of hydrogen-bond donors (Lipinski definition) is 3. The number of aromatic nitrogens is 3. The third kappa shape index (κ3) is 4.35. The van der Waals surface area contributed by atoms with Gasteiger partial charge < -0.3 is 20.4 Å². The lowest BCUT2D eigenvalue weighted by Gasteiger charge is -2.09. The minimum atomic E-state index is -0.361. The van der Waals surface area contributed by atoms with Crippen LogP contribution in [0.1, 0.15) is 15.9 Å². The topological polar surface area (TPSA) is 91.9 Å². The molecule has 0 fully saturated rings. The summed E-state index contributed by atoms with van der Waals surface area (Å²) in [4.78, 5) is 23.3. The van der Waals surface area contributed by atoms with E-state index < -0.39 is 0 Å². The summed E-state index contributed by atoms with van der Waals surface area (Å²) < 4.78 is 4.71. The molecule has 0 atom stereocenters. The van der Waals surface area contributed by atoms with Crippen molar-refractivity contribution in [1.29, 1.82) is 0 Å². The highest BCUT2D eigenvalue weighted by Crippen LogP contribution is 2.19. The Kier molecular flexibility index (Phi) is 5.38. The summed E-state index contributed by atoms with van der Waals surface area (Å²) in [6.07, 6.45) is 4.45. The number of hydrogen-bond acceptors (Lipinski definition) is 6. The number of aromatic amines is 1. The summed E-state index contributed by atoms with van der Waals surface area (Å²) in [7, 11) is 1.36. The molecule has 0 amide bonds. The predicted molar refractivity (Wildman–Crippen MR) is 114 cm³/mol. The van der Waals surface area contributed by atoms with Gasteiger partial charge in [0.1, 0.15) is 18.0 Å². The van der Waals surface area contributed by atoms with Crippen LogP contribution in [-0.2, 0) is 11.2 Å². The SMILES string of the molecule is COC(=O)c1ccc(Nc2cc(NCCc3c[nH]c4ccccc34)ncn2)cc1. The second-order valence-corrected chi connectivity index (χ2v) is 6.52. The molecule has 0 spiro atoms. The Bertz CT molecular complexity index is 1120. The van der Waals surface area contributed by atoms with Gasteiger partial charge in [0.25, 0.3) is 0 Å². The number of benzene rings is 2. The Balaban J connectivity index is 1.36. The van der Waals surface area contributed by atoms with E-state index in [1.165, 1.54) is 24.4 Å². The highest BCUT2D eigenvalue weighted by molar-refractivity contribution is 5.89. The summed E-state index contributed by atoms with van der Waals surface area (Å²) in [5.41, 5.74) is 3.74. The smallest absolute Gasteiger partial charge is 0.337 e. The van der Waals surface area contributed by atoms with E-state index in [0.29, 0.717) is 11.4 Å². The molecule has 2 heterocycles. The molecule has 3 N–H and O–H groups in total. The monoisotopic (exact) mass is 387 g/mol. The lowest BCUT2D eigenvalue weighted by molar-refractivity contribution is 0.0601. The molecule has 0 aliphatic carbocycles. The molecule has 2 aromatic heterocycles. The van der Waals surface area contributed by atoms with Gasteiger partial charge in [0, 0.05) is 35.4 Å². The van der Waals surface area contributed by atoms with E-state index in [1.54, 1.807) is 24.3 Å². The maximum atomic E-state index is 11.5. The maximum absolute atomic E-state index is 11.5. The Morgan fingerprint density at radius 3 is 2.69 bits per heavy atom. The highest BCUT2D eigenvalue weighted by atomic mass is 16.5. The summed E-state index contributed by atoms with van der Waals surface area (Å²) in [5, 5.41) is 7.79. The number of H-pyrrole nitrogens is 1. The minimum absolute atomic E-state index is 0.361. The van der Waals surface area contributed by atoms with Crippen LogP contribution in [-0.4, -0.2) is 34.6 Å². The summed E-state index contributed by atoms with van der Waals surface area (Å²) in [6, 6.07) is 17.1. The molecule has 0 saturated carbocycles. The number of nitrogens with one attached hydrogen (secondary N) is 3. The van der Waals surface area contributed by atoms with Gasteiger partial charge in [-0.25, -0.2) is 14.8 Å². The van der Waals surface area contributed by atoms with Crippen LogP contribution in [0.25, 0.3) is 10.9 Å². The number of rotatable bonds is 7. The number of para-hydroxylation sites is 1. The number of fused-ring (bicyclic) bond motifs is 1. The number of ether oxygens (including phenoxy) is 1. The molecule has 7 nitrogen and oxygen atoms in total. The number of esters is 1. The van der Waals surface area contributed by atoms with Gasteiger partial charge in [-0.05, 0) is 42.3 Å². The summed E-state index contributed by atoms with van der Waals surface area (Å²) in [5.74, 6) is 1.05. The molecule has 0 aliphatic heterocycles. The molecule has 0 aliphatic rings. The van der Waals surface area contributed by atoms with Gasteiger partial charge in [-0.3, -0.25) is 0 Å². The van der Waals surface area contributed by atoms with Gasteiger partial charge in [-0.1, -0.05) is 18.2 Å². The van der Waals surface area contributed by atoms with Gasteiger partial charge >= 0.3 is 5.97 Å². The zero-order chi connectivity index (χ0) is 20.1. The molecule has 7 heteroatoms. The van der Waals surface area contributed by atoms with E-state index >= 15 is 0 Å². The van der Waals surface area contributed by atoms with Crippen LogP contribution in [0.5, 0.6) is 0 Å². The lowest BCUT2D eigenvalue weighted by atomic mass is 10.1. The maximum Gasteiger partial charge on any atom is 0.337 e. The van der Waals surface area contributed by atoms with Crippen LogP contribution in [0.4, 0.5) is 17.3 Å². The van der Waals surface area contributed by atoms with Crippen molar-refractivity contribution >= 4 is 34.2 Å². The quantitative estimate of drug-likeness (QED) is 0.413. The fourth-order valence-corrected chi connectivity index (χ4v) is 3.14. The third-order valence-corrected chi connectivity index (χ3v) is 4.62. The average molecular weight is 387 g/mol. The Labute approximate surface area is 168 Å². The van der Waals surface area contributed by atoms with Crippen molar-refractivity contribution in [3.63, 3.8) is 0 Å². The summed E-state index contributed by atoms with van der Waals surface area (Å²) >= 11 is 0. The first-order chi connectivity index (χ1) is 14.2. The Hall–Kier alpha value is -3.87. The van der Waals surface area contributed by atoms with E-state index in [-0.39, 0.29) is 5.97 Å². The van der Waals surface area contributed by atoms with Crippen LogP contribution in [0.3, 0.4) is 0 Å². The molecule has 0 unspecified atom stereocenters. The summed E-state index contributed by atoms with van der Waals surface area (Å²) in [6.45, 7) is 0.756. The minimum Gasteiger partial charge on any atom is -0.465 e. The van der Waals surface area contributed by atoms with Crippen LogP contribution >= 0.6 is 0 Å². The van der Waals surface area contributed by atoms with Gasteiger partial charge in [0.15, 0.2) is 0 Å². The van der Waals surface area contributed by atoms with Crippen molar-refractivity contribution in [2.24, 2.45) is 0 Å². The van der Waals surface area contributed by atoms with E-state index in [1.807, 2.05) is 18.2 Å². The number of carbonyl (C=O) groups is 1. The van der Waals surface area contributed by atoms with Gasteiger partial charge in [0.2, 0.25) is 0 Å². The number of nitrogens with zero attached hydrogens (tertiary/aromatic N) is 2. The highest BCUT2D eigenvalue weighted by Gasteiger charge is 2.06. The van der Waals surface area contributed by atoms with Gasteiger partial charge in [0.05, 0.1) is 12.7 Å². The first-order valence-electron chi connectivity index (χ1n) is 9.29. The lowest BCUT2D eigenvalue weighted by Crippen LogP contribution is -2.07. The molecular weight excluding hydrogens is 366 g/mol. The van der Waals surface area contributed by atoms with Gasteiger partial charge in [-0.15, -0.1) is 0 Å². The third-order valence-electron chi connectivity index (χ3n) is 4.62. The molecular formula is C22H21N5O2. The zero-order valence-electron chi connectivity index (χ0n) is 16.0. The van der Waals surface area contributed by atoms with Crippen LogP contribution < -0.4 is 10.6 Å². The first kappa shape index (κ1) is 18.5. The zero-order valence-corrected chi connectivity index (χ0v) is 16.0. The van der Waals surface area contributed by atoms with Crippen molar-refractivity contribution in [2.45, 2.75) is 6.42 Å². The van der Waals surface area contributed by atoms with Crippen LogP contribution in [0.2, 0.25) is 0 Å². The molecule has 0 saturated heterocycles. The fourth-order valence-electron chi connectivity index (χ4n) is 3.14. The van der Waals surface area contributed by atoms with Crippen molar-refractivity contribution in [3.8, 4) is 0 Å². The van der Waals surface area contributed by atoms with E-state index in [9.17, 15) is 4.79 Å². The van der Waals surface area contributed by atoms with E-state index in [4.69, 9.17) is 4.74 Å². The molecule has 146 valence electrons. The largest absolute Gasteiger partial charge is 0.465 e. The normalized spacial score (nSPS) is 10.7. The fraction of sp³-hybridized carbons (Fsp3) is 0.136. The van der Waals surface area contributed by atoms with E-state index in [2.05, 4.69) is 43.9 Å². The molecule has 29 heavy (non-hydrogen) atoms. The Morgan fingerprint density at radius 1 is 1.07 bits per heavy atom.